The van der Waals surface area contributed by atoms with Crippen LogP contribution in [0.15, 0.2) is 24.3 Å². The van der Waals surface area contributed by atoms with Crippen molar-refractivity contribution in [3.63, 3.8) is 0 Å². The third kappa shape index (κ3) is 3.72. The van der Waals surface area contributed by atoms with Gasteiger partial charge in [-0.25, -0.2) is 9.69 Å². The summed E-state index contributed by atoms with van der Waals surface area (Å²) in [5, 5.41) is 5.54. The summed E-state index contributed by atoms with van der Waals surface area (Å²) in [6.45, 7) is 2.99. The van der Waals surface area contributed by atoms with E-state index in [1.54, 1.807) is 24.3 Å². The molecule has 27 heavy (non-hydrogen) atoms. The number of nitrogens with one attached hydrogen (secondary N) is 2. The molecule has 7 nitrogen and oxygen atoms in total. The lowest BCUT2D eigenvalue weighted by Gasteiger charge is -2.26. The number of ketones is 1. The third-order valence-corrected chi connectivity index (χ3v) is 5.45. The SMILES string of the molecule is CC(=O)c1cccc(NC(=O)C(C)N2C(=O)NC3(CCCCCC3)C2=O)c1. The summed E-state index contributed by atoms with van der Waals surface area (Å²) in [6.07, 6.45) is 5.10. The van der Waals surface area contributed by atoms with E-state index in [0.717, 1.165) is 30.6 Å². The Labute approximate surface area is 158 Å². The second-order valence-corrected chi connectivity index (χ2v) is 7.40. The number of urea groups is 1. The quantitative estimate of drug-likeness (QED) is 0.628. The number of Topliss-reactive ketones (excluding diaryl/α,β-unsaturated/α-hetero) is 1. The maximum absolute atomic E-state index is 13.0. The number of hydrogen-bond donors (Lipinski definition) is 2. The number of anilines is 1. The molecule has 1 aromatic rings. The van der Waals surface area contributed by atoms with Crippen LogP contribution in [0.1, 0.15) is 62.7 Å². The van der Waals surface area contributed by atoms with Gasteiger partial charge in [-0.05, 0) is 38.8 Å². The molecule has 1 saturated carbocycles. The Morgan fingerprint density at radius 1 is 1.15 bits per heavy atom. The molecule has 2 aliphatic rings. The van der Waals surface area contributed by atoms with Gasteiger partial charge in [0.25, 0.3) is 5.91 Å². The van der Waals surface area contributed by atoms with Crippen molar-refractivity contribution >= 4 is 29.3 Å². The molecule has 7 heteroatoms. The monoisotopic (exact) mass is 371 g/mol. The van der Waals surface area contributed by atoms with Crippen molar-refractivity contribution in [2.24, 2.45) is 0 Å². The standard InChI is InChI=1S/C20H25N3O4/c1-13(17(25)21-16-9-7-8-15(12-16)14(2)24)23-18(26)20(22-19(23)27)10-5-3-4-6-11-20/h7-9,12-13H,3-6,10-11H2,1-2H3,(H,21,25)(H,22,27). The maximum Gasteiger partial charge on any atom is 0.325 e. The van der Waals surface area contributed by atoms with E-state index in [9.17, 15) is 19.2 Å². The topological polar surface area (TPSA) is 95.6 Å². The first kappa shape index (κ1) is 19.1. The van der Waals surface area contributed by atoms with Gasteiger partial charge < -0.3 is 10.6 Å². The first-order chi connectivity index (χ1) is 12.8. The first-order valence-electron chi connectivity index (χ1n) is 9.42. The summed E-state index contributed by atoms with van der Waals surface area (Å²) in [5.74, 6) is -0.886. The summed E-state index contributed by atoms with van der Waals surface area (Å²) >= 11 is 0. The van der Waals surface area contributed by atoms with Gasteiger partial charge in [-0.15, -0.1) is 0 Å². The van der Waals surface area contributed by atoms with Gasteiger partial charge in [0.05, 0.1) is 0 Å². The van der Waals surface area contributed by atoms with Crippen LogP contribution >= 0.6 is 0 Å². The van der Waals surface area contributed by atoms with E-state index in [4.69, 9.17) is 0 Å². The second-order valence-electron chi connectivity index (χ2n) is 7.40. The minimum atomic E-state index is -0.943. The van der Waals surface area contributed by atoms with Crippen LogP contribution in [-0.4, -0.2) is 40.1 Å². The molecule has 2 N–H and O–H groups in total. The number of rotatable bonds is 4. The van der Waals surface area contributed by atoms with Crippen molar-refractivity contribution < 1.29 is 19.2 Å². The normalized spacial score (nSPS) is 20.1. The largest absolute Gasteiger partial charge is 0.325 e. The van der Waals surface area contributed by atoms with E-state index in [2.05, 4.69) is 10.6 Å². The molecule has 1 aliphatic heterocycles. The lowest BCUT2D eigenvalue weighted by molar-refractivity contribution is -0.136. The molecule has 0 aromatic heterocycles. The van der Waals surface area contributed by atoms with E-state index in [-0.39, 0.29) is 11.7 Å². The molecule has 0 radical (unpaired) electrons. The average molecular weight is 371 g/mol. The highest BCUT2D eigenvalue weighted by Gasteiger charge is 2.53. The fraction of sp³-hybridized carbons (Fsp3) is 0.500. The van der Waals surface area contributed by atoms with Crippen LogP contribution in [0, 0.1) is 0 Å². The minimum Gasteiger partial charge on any atom is -0.324 e. The fourth-order valence-corrected chi connectivity index (χ4v) is 3.84. The zero-order valence-electron chi connectivity index (χ0n) is 15.7. The van der Waals surface area contributed by atoms with Gasteiger partial charge in [0.2, 0.25) is 5.91 Å². The Morgan fingerprint density at radius 2 is 1.81 bits per heavy atom. The molecular weight excluding hydrogens is 346 g/mol. The van der Waals surface area contributed by atoms with Gasteiger partial charge in [0.1, 0.15) is 11.6 Å². The number of amides is 4. The molecule has 3 rings (SSSR count). The van der Waals surface area contributed by atoms with Crippen LogP contribution in [0.2, 0.25) is 0 Å². The summed E-state index contributed by atoms with van der Waals surface area (Å²) in [6, 6.07) is 5.12. The van der Waals surface area contributed by atoms with Crippen LogP contribution in [0.25, 0.3) is 0 Å². The van der Waals surface area contributed by atoms with Crippen molar-refractivity contribution in [1.82, 2.24) is 10.2 Å². The summed E-state index contributed by atoms with van der Waals surface area (Å²) in [5.41, 5.74) is 0.0695. The molecule has 1 spiro atoms. The molecule has 144 valence electrons. The number of imide groups is 1. The highest BCUT2D eigenvalue weighted by molar-refractivity contribution is 6.11. The second kappa shape index (κ2) is 7.50. The Bertz CT molecular complexity index is 781. The molecular formula is C20H25N3O4. The Hall–Kier alpha value is -2.70. The van der Waals surface area contributed by atoms with Crippen LogP contribution in [-0.2, 0) is 9.59 Å². The fourth-order valence-electron chi connectivity index (χ4n) is 3.84. The molecule has 1 unspecified atom stereocenters. The molecule has 1 saturated heterocycles. The van der Waals surface area contributed by atoms with Gasteiger partial charge in [-0.1, -0.05) is 37.8 Å². The Balaban J connectivity index is 1.74. The van der Waals surface area contributed by atoms with E-state index >= 15 is 0 Å². The van der Waals surface area contributed by atoms with Crippen molar-refractivity contribution in [3.05, 3.63) is 29.8 Å². The highest BCUT2D eigenvalue weighted by Crippen LogP contribution is 2.33. The van der Waals surface area contributed by atoms with Gasteiger partial charge >= 0.3 is 6.03 Å². The first-order valence-corrected chi connectivity index (χ1v) is 9.42. The third-order valence-electron chi connectivity index (χ3n) is 5.45. The van der Waals surface area contributed by atoms with Crippen LogP contribution in [0.3, 0.4) is 0 Å². The lowest BCUT2D eigenvalue weighted by Crippen LogP contribution is -2.49. The summed E-state index contributed by atoms with van der Waals surface area (Å²) in [4.78, 5) is 50.7. The molecule has 1 heterocycles. The molecule has 1 aromatic carbocycles. The van der Waals surface area contributed by atoms with E-state index in [1.165, 1.54) is 13.8 Å². The summed E-state index contributed by atoms with van der Waals surface area (Å²) < 4.78 is 0. The van der Waals surface area contributed by atoms with Crippen molar-refractivity contribution in [2.75, 3.05) is 5.32 Å². The van der Waals surface area contributed by atoms with Crippen molar-refractivity contribution in [2.45, 2.75) is 64.0 Å². The zero-order valence-corrected chi connectivity index (χ0v) is 15.7. The minimum absolute atomic E-state index is 0.108. The van der Waals surface area contributed by atoms with Crippen LogP contribution < -0.4 is 10.6 Å². The predicted octanol–water partition coefficient (Wildman–Crippen LogP) is 2.86. The maximum atomic E-state index is 13.0. The van der Waals surface area contributed by atoms with Crippen molar-refractivity contribution in [1.29, 1.82) is 0 Å². The highest BCUT2D eigenvalue weighted by atomic mass is 16.2. The van der Waals surface area contributed by atoms with Gasteiger partial charge in [-0.3, -0.25) is 14.4 Å². The summed E-state index contributed by atoms with van der Waals surface area (Å²) in [7, 11) is 0. The zero-order chi connectivity index (χ0) is 19.6. The smallest absolute Gasteiger partial charge is 0.324 e. The van der Waals surface area contributed by atoms with Gasteiger partial charge in [0, 0.05) is 11.3 Å². The van der Waals surface area contributed by atoms with Crippen molar-refractivity contribution in [3.8, 4) is 0 Å². The Morgan fingerprint density at radius 3 is 2.44 bits per heavy atom. The van der Waals surface area contributed by atoms with Crippen LogP contribution in [0.5, 0.6) is 0 Å². The van der Waals surface area contributed by atoms with Gasteiger partial charge in [-0.2, -0.15) is 0 Å². The molecule has 1 atom stereocenters. The number of hydrogen-bond acceptors (Lipinski definition) is 4. The molecule has 4 amide bonds. The average Bonchev–Trinajstić information content (AvgIpc) is 2.79. The van der Waals surface area contributed by atoms with Gasteiger partial charge in [0.15, 0.2) is 5.78 Å². The lowest BCUT2D eigenvalue weighted by atomic mass is 9.90. The number of carbonyl (C=O) groups excluding carboxylic acids is 4. The molecule has 0 bridgehead atoms. The molecule has 1 aliphatic carbocycles. The van der Waals surface area contributed by atoms with E-state index in [1.807, 2.05) is 0 Å². The number of nitrogens with zero attached hydrogens (tertiary/aromatic N) is 1. The Kier molecular flexibility index (Phi) is 5.30. The van der Waals surface area contributed by atoms with E-state index < -0.39 is 23.5 Å². The number of carbonyl (C=O) groups is 4. The number of benzene rings is 1. The predicted molar refractivity (Wildman–Crippen MR) is 100 cm³/mol. The van der Waals surface area contributed by atoms with E-state index in [0.29, 0.717) is 24.1 Å². The molecule has 2 fully saturated rings. The van der Waals surface area contributed by atoms with Crippen LogP contribution in [0.4, 0.5) is 10.5 Å².